The number of nitrogens with two attached hydrogens (primary N) is 1. The fraction of sp³-hybridized carbons (Fsp3) is 0.250. The normalized spacial score (nSPS) is 14.9. The largest absolute Gasteiger partial charge is 0.416 e. The molecule has 0 saturated carbocycles. The Balaban J connectivity index is 2.53. The molecule has 2 aromatic carbocycles. The molecule has 20 heavy (non-hydrogen) atoms. The summed E-state index contributed by atoms with van der Waals surface area (Å²) >= 11 is 0. The lowest BCUT2D eigenvalue weighted by atomic mass is 9.83. The Hall–Kier alpha value is -1.81. The van der Waals surface area contributed by atoms with E-state index in [9.17, 15) is 13.2 Å². The lowest BCUT2D eigenvalue weighted by Gasteiger charge is -2.28. The predicted octanol–water partition coefficient (Wildman–Crippen LogP) is 4.24. The third-order valence-electron chi connectivity index (χ3n) is 3.49. The van der Waals surface area contributed by atoms with Gasteiger partial charge in [-0.25, -0.2) is 0 Å². The molecule has 2 aromatic rings. The van der Waals surface area contributed by atoms with Crippen molar-refractivity contribution in [3.8, 4) is 0 Å². The third kappa shape index (κ3) is 2.70. The molecular weight excluding hydrogens is 263 g/mol. The van der Waals surface area contributed by atoms with Gasteiger partial charge in [-0.2, -0.15) is 13.2 Å². The first-order chi connectivity index (χ1) is 9.23. The van der Waals surface area contributed by atoms with Gasteiger partial charge < -0.3 is 5.73 Å². The van der Waals surface area contributed by atoms with E-state index in [0.29, 0.717) is 5.56 Å². The van der Waals surface area contributed by atoms with E-state index in [1.54, 1.807) is 13.0 Å². The number of alkyl halides is 3. The van der Waals surface area contributed by atoms with Crippen molar-refractivity contribution in [2.24, 2.45) is 5.73 Å². The Kier molecular flexibility index (Phi) is 3.61. The van der Waals surface area contributed by atoms with E-state index in [1.807, 2.05) is 31.2 Å². The number of hydrogen-bond acceptors (Lipinski definition) is 1. The van der Waals surface area contributed by atoms with Gasteiger partial charge in [0.25, 0.3) is 0 Å². The summed E-state index contributed by atoms with van der Waals surface area (Å²) in [7, 11) is 0. The van der Waals surface area contributed by atoms with Crippen LogP contribution in [-0.2, 0) is 11.7 Å². The van der Waals surface area contributed by atoms with Crippen LogP contribution in [0.5, 0.6) is 0 Å². The first kappa shape index (κ1) is 14.6. The van der Waals surface area contributed by atoms with Crippen molar-refractivity contribution in [1.82, 2.24) is 0 Å². The monoisotopic (exact) mass is 279 g/mol. The smallest absolute Gasteiger partial charge is 0.318 e. The zero-order valence-corrected chi connectivity index (χ0v) is 11.3. The lowest BCUT2D eigenvalue weighted by Crippen LogP contribution is -2.35. The van der Waals surface area contributed by atoms with E-state index in [1.165, 1.54) is 6.07 Å². The van der Waals surface area contributed by atoms with Crippen molar-refractivity contribution in [3.63, 3.8) is 0 Å². The second-order valence-electron chi connectivity index (χ2n) is 5.10. The van der Waals surface area contributed by atoms with Gasteiger partial charge in [-0.05, 0) is 42.7 Å². The summed E-state index contributed by atoms with van der Waals surface area (Å²) in [6.07, 6.45) is -4.36. The maximum Gasteiger partial charge on any atom is 0.416 e. The van der Waals surface area contributed by atoms with Gasteiger partial charge in [-0.3, -0.25) is 0 Å². The highest BCUT2D eigenvalue weighted by molar-refractivity contribution is 5.42. The summed E-state index contributed by atoms with van der Waals surface area (Å²) in [5.41, 5.74) is 6.88. The molecule has 0 aliphatic heterocycles. The van der Waals surface area contributed by atoms with Gasteiger partial charge in [0.2, 0.25) is 0 Å². The van der Waals surface area contributed by atoms with Crippen molar-refractivity contribution in [2.45, 2.75) is 25.6 Å². The van der Waals surface area contributed by atoms with Crippen LogP contribution in [0, 0.1) is 6.92 Å². The molecule has 0 aliphatic rings. The van der Waals surface area contributed by atoms with Crippen molar-refractivity contribution in [2.75, 3.05) is 0 Å². The van der Waals surface area contributed by atoms with Gasteiger partial charge in [0, 0.05) is 0 Å². The highest BCUT2D eigenvalue weighted by Gasteiger charge is 2.33. The minimum Gasteiger partial charge on any atom is -0.318 e. The third-order valence-corrected chi connectivity index (χ3v) is 3.49. The highest BCUT2D eigenvalue weighted by atomic mass is 19.4. The van der Waals surface area contributed by atoms with Crippen molar-refractivity contribution >= 4 is 0 Å². The van der Waals surface area contributed by atoms with E-state index in [-0.39, 0.29) is 0 Å². The maximum absolute atomic E-state index is 12.8. The molecule has 0 fully saturated rings. The van der Waals surface area contributed by atoms with E-state index < -0.39 is 17.3 Å². The van der Waals surface area contributed by atoms with Crippen molar-refractivity contribution < 1.29 is 13.2 Å². The van der Waals surface area contributed by atoms with Gasteiger partial charge in [-0.15, -0.1) is 0 Å². The summed E-state index contributed by atoms with van der Waals surface area (Å²) in [5.74, 6) is 0. The molecule has 0 bridgehead atoms. The molecule has 0 aromatic heterocycles. The average Bonchev–Trinajstić information content (AvgIpc) is 2.38. The molecule has 0 heterocycles. The zero-order chi connectivity index (χ0) is 15.0. The number of hydrogen-bond donors (Lipinski definition) is 1. The lowest BCUT2D eigenvalue weighted by molar-refractivity contribution is -0.137. The molecule has 2 N–H and O–H groups in total. The predicted molar refractivity (Wildman–Crippen MR) is 73.3 cm³/mol. The Morgan fingerprint density at radius 1 is 0.900 bits per heavy atom. The molecular formula is C16H16F3N. The van der Waals surface area contributed by atoms with Gasteiger partial charge >= 0.3 is 6.18 Å². The molecule has 0 saturated heterocycles. The fourth-order valence-electron chi connectivity index (χ4n) is 2.33. The number of benzene rings is 2. The average molecular weight is 279 g/mol. The molecule has 4 heteroatoms. The molecule has 0 spiro atoms. The summed E-state index contributed by atoms with van der Waals surface area (Å²) in [5, 5.41) is 0. The van der Waals surface area contributed by atoms with Crippen LogP contribution in [0.2, 0.25) is 0 Å². The van der Waals surface area contributed by atoms with Crippen LogP contribution < -0.4 is 5.73 Å². The SMILES string of the molecule is Cc1ccccc1C(C)(N)c1cccc(C(F)(F)F)c1. The van der Waals surface area contributed by atoms with Crippen LogP contribution >= 0.6 is 0 Å². The Morgan fingerprint density at radius 2 is 1.50 bits per heavy atom. The van der Waals surface area contributed by atoms with Crippen molar-refractivity contribution in [1.29, 1.82) is 0 Å². The van der Waals surface area contributed by atoms with Crippen LogP contribution in [0.3, 0.4) is 0 Å². The van der Waals surface area contributed by atoms with Crippen LogP contribution in [0.15, 0.2) is 48.5 Å². The van der Waals surface area contributed by atoms with Crippen LogP contribution in [0.25, 0.3) is 0 Å². The fourth-order valence-corrected chi connectivity index (χ4v) is 2.33. The van der Waals surface area contributed by atoms with Gasteiger partial charge in [0.05, 0.1) is 11.1 Å². The molecule has 0 radical (unpaired) electrons. The Labute approximate surface area is 116 Å². The first-order valence-electron chi connectivity index (χ1n) is 6.25. The van der Waals surface area contributed by atoms with Crippen molar-refractivity contribution in [3.05, 3.63) is 70.8 Å². The number of halogens is 3. The maximum atomic E-state index is 12.8. The van der Waals surface area contributed by atoms with Gasteiger partial charge in [0.1, 0.15) is 0 Å². The van der Waals surface area contributed by atoms with Gasteiger partial charge in [0.15, 0.2) is 0 Å². The summed E-state index contributed by atoms with van der Waals surface area (Å²) in [4.78, 5) is 0. The van der Waals surface area contributed by atoms with E-state index in [2.05, 4.69) is 0 Å². The zero-order valence-electron chi connectivity index (χ0n) is 11.3. The van der Waals surface area contributed by atoms with E-state index in [4.69, 9.17) is 5.73 Å². The van der Waals surface area contributed by atoms with Crippen LogP contribution in [-0.4, -0.2) is 0 Å². The van der Waals surface area contributed by atoms with E-state index >= 15 is 0 Å². The first-order valence-corrected chi connectivity index (χ1v) is 6.25. The molecule has 2 rings (SSSR count). The molecule has 1 nitrogen and oxygen atoms in total. The number of aryl methyl sites for hydroxylation is 1. The Morgan fingerprint density at radius 3 is 2.10 bits per heavy atom. The Bertz CT molecular complexity index is 615. The molecule has 0 aliphatic carbocycles. The summed E-state index contributed by atoms with van der Waals surface area (Å²) in [6.45, 7) is 3.62. The minimum absolute atomic E-state index is 0.446. The molecule has 106 valence electrons. The topological polar surface area (TPSA) is 26.0 Å². The highest BCUT2D eigenvalue weighted by Crippen LogP contribution is 2.34. The van der Waals surface area contributed by atoms with Crippen LogP contribution in [0.4, 0.5) is 13.2 Å². The molecule has 0 amide bonds. The minimum atomic E-state index is -4.36. The standard InChI is InChI=1S/C16H16F3N/c1-11-6-3-4-9-14(11)15(2,20)12-7-5-8-13(10-12)16(17,18)19/h3-10H,20H2,1-2H3. The number of rotatable bonds is 2. The summed E-state index contributed by atoms with van der Waals surface area (Å²) < 4.78 is 38.4. The second-order valence-corrected chi connectivity index (χ2v) is 5.10. The van der Waals surface area contributed by atoms with Crippen LogP contribution in [0.1, 0.15) is 29.2 Å². The molecule has 1 atom stereocenters. The quantitative estimate of drug-likeness (QED) is 0.874. The second kappa shape index (κ2) is 4.94. The summed E-state index contributed by atoms with van der Waals surface area (Å²) in [6, 6.07) is 12.6. The van der Waals surface area contributed by atoms with E-state index in [0.717, 1.165) is 23.3 Å². The van der Waals surface area contributed by atoms with Gasteiger partial charge in [-0.1, -0.05) is 36.4 Å². The molecule has 1 unspecified atom stereocenters.